The van der Waals surface area contributed by atoms with Gasteiger partial charge in [-0.3, -0.25) is 0 Å². The van der Waals surface area contributed by atoms with Gasteiger partial charge in [0.05, 0.1) is 0 Å². The van der Waals surface area contributed by atoms with Crippen molar-refractivity contribution < 1.29 is 13.2 Å². The van der Waals surface area contributed by atoms with E-state index < -0.39 is 12.2 Å². The monoisotopic (exact) mass is 169 g/mol. The van der Waals surface area contributed by atoms with E-state index in [0.29, 0.717) is 6.42 Å². The smallest absolute Gasteiger partial charge is 0.309 e. The molecule has 0 heterocycles. The van der Waals surface area contributed by atoms with Gasteiger partial charge in [0.25, 0.3) is 0 Å². The molecule has 0 aromatic rings. The van der Waals surface area contributed by atoms with Gasteiger partial charge in [0.15, 0.2) is 0 Å². The highest BCUT2D eigenvalue weighted by Crippen LogP contribution is 2.26. The number of hydrogen-bond acceptors (Lipinski definition) is 1. The Labute approximate surface area is 65.0 Å². The van der Waals surface area contributed by atoms with E-state index in [1.54, 1.807) is 13.8 Å². The average Bonchev–Trinajstić information content (AvgIpc) is 1.86. The van der Waals surface area contributed by atoms with Crippen LogP contribution in [0.5, 0.6) is 0 Å². The molecule has 0 saturated heterocycles. The third-order valence-electron chi connectivity index (χ3n) is 1.88. The van der Waals surface area contributed by atoms with Crippen LogP contribution in [0.15, 0.2) is 0 Å². The predicted molar refractivity (Wildman–Crippen MR) is 38.4 cm³/mol. The number of halogens is 3. The minimum Gasteiger partial charge on any atom is -0.309 e. The third-order valence-corrected chi connectivity index (χ3v) is 1.88. The van der Waals surface area contributed by atoms with Crippen LogP contribution in [0.1, 0.15) is 20.3 Å². The van der Waals surface area contributed by atoms with E-state index in [1.807, 2.05) is 0 Å². The van der Waals surface area contributed by atoms with E-state index in [2.05, 4.69) is 5.32 Å². The Hall–Kier alpha value is -0.250. The molecule has 11 heavy (non-hydrogen) atoms. The van der Waals surface area contributed by atoms with Crippen molar-refractivity contribution in [3.05, 3.63) is 0 Å². The Morgan fingerprint density at radius 3 is 1.91 bits per heavy atom. The molecule has 2 atom stereocenters. The molecule has 0 radical (unpaired) electrons. The summed E-state index contributed by atoms with van der Waals surface area (Å²) in [6.45, 7) is 3.34. The van der Waals surface area contributed by atoms with Gasteiger partial charge in [-0.25, -0.2) is 0 Å². The predicted octanol–water partition coefficient (Wildman–Crippen LogP) is 2.18. The van der Waals surface area contributed by atoms with Crippen LogP contribution in [0.3, 0.4) is 0 Å². The average molecular weight is 169 g/mol. The van der Waals surface area contributed by atoms with E-state index in [-0.39, 0.29) is 5.92 Å². The second kappa shape index (κ2) is 3.95. The maximum Gasteiger partial charge on any atom is 0.404 e. The summed E-state index contributed by atoms with van der Waals surface area (Å²) < 4.78 is 36.3. The maximum atomic E-state index is 12.1. The lowest BCUT2D eigenvalue weighted by Gasteiger charge is -2.24. The summed E-state index contributed by atoms with van der Waals surface area (Å²) in [5.41, 5.74) is 0. The Morgan fingerprint density at radius 1 is 1.36 bits per heavy atom. The minimum atomic E-state index is -4.12. The van der Waals surface area contributed by atoms with Crippen molar-refractivity contribution in [2.45, 2.75) is 32.5 Å². The van der Waals surface area contributed by atoms with Gasteiger partial charge in [0.1, 0.15) is 6.04 Å². The van der Waals surface area contributed by atoms with Crippen LogP contribution in [0.4, 0.5) is 13.2 Å². The number of hydrogen-bond donors (Lipinski definition) is 1. The van der Waals surface area contributed by atoms with Crippen LogP contribution in [-0.4, -0.2) is 19.3 Å². The molecule has 0 aliphatic rings. The molecule has 0 rings (SSSR count). The summed E-state index contributed by atoms with van der Waals surface area (Å²) in [6, 6.07) is -1.37. The molecule has 0 saturated carbocycles. The SMILES string of the molecule is CCC(C)C(NC)C(F)(F)F. The zero-order valence-corrected chi connectivity index (χ0v) is 7.00. The van der Waals surface area contributed by atoms with Gasteiger partial charge in [-0.1, -0.05) is 20.3 Å². The Bertz CT molecular complexity index is 111. The number of nitrogens with one attached hydrogen (secondary N) is 1. The van der Waals surface area contributed by atoms with Gasteiger partial charge < -0.3 is 5.32 Å². The summed E-state index contributed by atoms with van der Waals surface area (Å²) in [7, 11) is 1.34. The first-order valence-corrected chi connectivity index (χ1v) is 3.67. The van der Waals surface area contributed by atoms with Crippen molar-refractivity contribution in [1.29, 1.82) is 0 Å². The largest absolute Gasteiger partial charge is 0.404 e. The van der Waals surface area contributed by atoms with Crippen LogP contribution in [0.2, 0.25) is 0 Å². The van der Waals surface area contributed by atoms with Crippen LogP contribution in [0, 0.1) is 5.92 Å². The zero-order chi connectivity index (χ0) is 9.07. The first-order valence-electron chi connectivity index (χ1n) is 3.67. The van der Waals surface area contributed by atoms with Crippen molar-refractivity contribution in [3.8, 4) is 0 Å². The van der Waals surface area contributed by atoms with Crippen molar-refractivity contribution in [2.24, 2.45) is 5.92 Å². The summed E-state index contributed by atoms with van der Waals surface area (Å²) >= 11 is 0. The molecular weight excluding hydrogens is 155 g/mol. The van der Waals surface area contributed by atoms with Crippen LogP contribution >= 0.6 is 0 Å². The van der Waals surface area contributed by atoms with Crippen LogP contribution in [-0.2, 0) is 0 Å². The van der Waals surface area contributed by atoms with Gasteiger partial charge in [0, 0.05) is 0 Å². The van der Waals surface area contributed by atoms with E-state index in [1.165, 1.54) is 7.05 Å². The van der Waals surface area contributed by atoms with E-state index in [0.717, 1.165) is 0 Å². The van der Waals surface area contributed by atoms with Gasteiger partial charge in [-0.2, -0.15) is 13.2 Å². The Kier molecular flexibility index (Phi) is 3.86. The minimum absolute atomic E-state index is 0.361. The molecular formula is C7H14F3N. The van der Waals surface area contributed by atoms with Gasteiger partial charge >= 0.3 is 6.18 Å². The second-order valence-corrected chi connectivity index (χ2v) is 2.69. The molecule has 4 heteroatoms. The molecule has 0 aromatic heterocycles. The molecule has 0 fully saturated rings. The fraction of sp³-hybridized carbons (Fsp3) is 1.00. The lowest BCUT2D eigenvalue weighted by atomic mass is 9.99. The van der Waals surface area contributed by atoms with E-state index in [9.17, 15) is 13.2 Å². The lowest BCUT2D eigenvalue weighted by molar-refractivity contribution is -0.165. The molecule has 1 nitrogen and oxygen atoms in total. The van der Waals surface area contributed by atoms with Crippen LogP contribution in [0.25, 0.3) is 0 Å². The van der Waals surface area contributed by atoms with Crippen molar-refractivity contribution in [3.63, 3.8) is 0 Å². The van der Waals surface area contributed by atoms with Crippen molar-refractivity contribution in [1.82, 2.24) is 5.32 Å². The molecule has 1 N–H and O–H groups in total. The number of alkyl halides is 3. The van der Waals surface area contributed by atoms with Gasteiger partial charge in [-0.05, 0) is 13.0 Å². The fourth-order valence-corrected chi connectivity index (χ4v) is 1.01. The van der Waals surface area contributed by atoms with Crippen molar-refractivity contribution >= 4 is 0 Å². The molecule has 2 unspecified atom stereocenters. The van der Waals surface area contributed by atoms with Gasteiger partial charge in [0.2, 0.25) is 0 Å². The quantitative estimate of drug-likeness (QED) is 0.682. The molecule has 0 aliphatic heterocycles. The molecule has 0 aliphatic carbocycles. The highest BCUT2D eigenvalue weighted by molar-refractivity contribution is 4.77. The molecule has 0 spiro atoms. The second-order valence-electron chi connectivity index (χ2n) is 2.69. The zero-order valence-electron chi connectivity index (χ0n) is 7.00. The van der Waals surface area contributed by atoms with Gasteiger partial charge in [-0.15, -0.1) is 0 Å². The summed E-state index contributed by atoms with van der Waals surface area (Å²) in [5, 5.41) is 2.27. The first kappa shape index (κ1) is 10.8. The summed E-state index contributed by atoms with van der Waals surface area (Å²) in [5.74, 6) is -0.361. The number of rotatable bonds is 3. The van der Waals surface area contributed by atoms with E-state index >= 15 is 0 Å². The molecule has 0 bridgehead atoms. The summed E-state index contributed by atoms with van der Waals surface area (Å²) in [4.78, 5) is 0. The van der Waals surface area contributed by atoms with Crippen LogP contribution < -0.4 is 5.32 Å². The lowest BCUT2D eigenvalue weighted by Crippen LogP contribution is -2.44. The highest BCUT2D eigenvalue weighted by atomic mass is 19.4. The molecule has 0 aromatic carbocycles. The molecule has 0 amide bonds. The topological polar surface area (TPSA) is 12.0 Å². The maximum absolute atomic E-state index is 12.1. The normalized spacial score (nSPS) is 18.0. The van der Waals surface area contributed by atoms with E-state index in [4.69, 9.17) is 0 Å². The summed E-state index contributed by atoms with van der Waals surface area (Å²) in [6.07, 6.45) is -3.59. The Balaban J connectivity index is 4.16. The Morgan fingerprint density at radius 2 is 1.82 bits per heavy atom. The first-order chi connectivity index (χ1) is 4.93. The fourth-order valence-electron chi connectivity index (χ4n) is 1.01. The highest BCUT2D eigenvalue weighted by Gasteiger charge is 2.41. The van der Waals surface area contributed by atoms with Crippen molar-refractivity contribution in [2.75, 3.05) is 7.05 Å². The third kappa shape index (κ3) is 3.10. The molecule has 68 valence electrons. The standard InChI is InChI=1S/C7H14F3N/c1-4-5(2)6(11-3)7(8,9)10/h5-6,11H,4H2,1-3H3.